The van der Waals surface area contributed by atoms with Gasteiger partial charge in [0.15, 0.2) is 0 Å². The van der Waals surface area contributed by atoms with Crippen LogP contribution in [0, 0.1) is 0 Å². The molecule has 72 valence electrons. The van der Waals surface area contributed by atoms with Crippen molar-refractivity contribution in [2.24, 2.45) is 0 Å². The highest BCUT2D eigenvalue weighted by Crippen LogP contribution is 2.01. The molecule has 0 saturated carbocycles. The van der Waals surface area contributed by atoms with Crippen molar-refractivity contribution < 1.29 is 9.90 Å². The number of carbonyl (C=O) groups is 1. The first-order valence-corrected chi connectivity index (χ1v) is 4.90. The normalized spacial score (nSPS) is 10.6. The van der Waals surface area contributed by atoms with Crippen LogP contribution in [0.25, 0.3) is 0 Å². The second kappa shape index (κ2) is 4.94. The van der Waals surface area contributed by atoms with E-state index in [2.05, 4.69) is 4.98 Å². The Morgan fingerprint density at radius 1 is 1.77 bits per heavy atom. The van der Waals surface area contributed by atoms with Gasteiger partial charge >= 0.3 is 5.97 Å². The van der Waals surface area contributed by atoms with Crippen LogP contribution in [0.4, 0.5) is 0 Å². The zero-order valence-electron chi connectivity index (χ0n) is 7.43. The molecule has 1 aromatic heterocycles. The minimum Gasteiger partial charge on any atom is -0.480 e. The van der Waals surface area contributed by atoms with E-state index in [1.165, 1.54) is 0 Å². The summed E-state index contributed by atoms with van der Waals surface area (Å²) in [6.07, 6.45) is 0.813. The molecule has 0 spiro atoms. The van der Waals surface area contributed by atoms with E-state index < -0.39 is 5.97 Å². The molecule has 13 heavy (non-hydrogen) atoms. The maximum Gasteiger partial charge on any atom is 0.317 e. The SMILES string of the molecule is CN(CCc1cscn1)CC(=O)O. The Morgan fingerprint density at radius 2 is 2.54 bits per heavy atom. The zero-order valence-corrected chi connectivity index (χ0v) is 8.25. The molecule has 0 amide bonds. The molecule has 0 aromatic carbocycles. The number of hydrogen-bond acceptors (Lipinski definition) is 4. The van der Waals surface area contributed by atoms with E-state index in [0.717, 1.165) is 18.7 Å². The first-order chi connectivity index (χ1) is 6.18. The number of aromatic nitrogens is 1. The van der Waals surface area contributed by atoms with Crippen LogP contribution < -0.4 is 0 Å². The monoisotopic (exact) mass is 200 g/mol. The molecular weight excluding hydrogens is 188 g/mol. The Bertz CT molecular complexity index is 261. The van der Waals surface area contributed by atoms with Crippen molar-refractivity contribution in [2.75, 3.05) is 20.1 Å². The highest BCUT2D eigenvalue weighted by molar-refractivity contribution is 7.07. The number of thiazole rings is 1. The van der Waals surface area contributed by atoms with Crippen molar-refractivity contribution in [2.45, 2.75) is 6.42 Å². The van der Waals surface area contributed by atoms with Crippen LogP contribution in [-0.4, -0.2) is 41.1 Å². The summed E-state index contributed by atoms with van der Waals surface area (Å²) < 4.78 is 0. The number of carboxylic acids is 1. The van der Waals surface area contributed by atoms with Gasteiger partial charge in [0.25, 0.3) is 0 Å². The van der Waals surface area contributed by atoms with E-state index >= 15 is 0 Å². The Kier molecular flexibility index (Phi) is 3.85. The van der Waals surface area contributed by atoms with E-state index in [-0.39, 0.29) is 6.54 Å². The van der Waals surface area contributed by atoms with Crippen LogP contribution >= 0.6 is 11.3 Å². The van der Waals surface area contributed by atoms with Crippen molar-refractivity contribution >= 4 is 17.3 Å². The van der Waals surface area contributed by atoms with Gasteiger partial charge in [-0.25, -0.2) is 4.98 Å². The topological polar surface area (TPSA) is 53.4 Å². The van der Waals surface area contributed by atoms with Gasteiger partial charge < -0.3 is 5.11 Å². The van der Waals surface area contributed by atoms with Crippen molar-refractivity contribution in [3.8, 4) is 0 Å². The lowest BCUT2D eigenvalue weighted by Gasteiger charge is -2.12. The van der Waals surface area contributed by atoms with Crippen molar-refractivity contribution in [1.29, 1.82) is 0 Å². The zero-order chi connectivity index (χ0) is 9.68. The van der Waals surface area contributed by atoms with Crippen LogP contribution in [0.1, 0.15) is 5.69 Å². The van der Waals surface area contributed by atoms with Gasteiger partial charge in [-0.1, -0.05) is 0 Å². The van der Waals surface area contributed by atoms with E-state index in [1.54, 1.807) is 28.8 Å². The smallest absolute Gasteiger partial charge is 0.317 e. The third-order valence-electron chi connectivity index (χ3n) is 1.64. The van der Waals surface area contributed by atoms with Crippen LogP contribution in [0.5, 0.6) is 0 Å². The summed E-state index contributed by atoms with van der Waals surface area (Å²) in [5.74, 6) is -0.791. The van der Waals surface area contributed by atoms with Crippen LogP contribution in [0.2, 0.25) is 0 Å². The lowest BCUT2D eigenvalue weighted by molar-refractivity contribution is -0.137. The van der Waals surface area contributed by atoms with Gasteiger partial charge in [-0.05, 0) is 7.05 Å². The molecule has 0 aliphatic heterocycles. The van der Waals surface area contributed by atoms with Crippen LogP contribution in [0.3, 0.4) is 0 Å². The second-order valence-corrected chi connectivity index (χ2v) is 3.58. The average molecular weight is 200 g/mol. The molecule has 0 fully saturated rings. The molecule has 0 unspecified atom stereocenters. The lowest BCUT2D eigenvalue weighted by Crippen LogP contribution is -2.27. The molecule has 0 radical (unpaired) electrons. The lowest BCUT2D eigenvalue weighted by atomic mass is 10.3. The van der Waals surface area contributed by atoms with E-state index in [0.29, 0.717) is 0 Å². The summed E-state index contributed by atoms with van der Waals surface area (Å²) in [5.41, 5.74) is 2.81. The Labute approximate surface area is 80.8 Å². The quantitative estimate of drug-likeness (QED) is 0.760. The number of hydrogen-bond donors (Lipinski definition) is 1. The molecule has 5 heteroatoms. The number of likely N-dealkylation sites (N-methyl/N-ethyl adjacent to an activating group) is 1. The van der Waals surface area contributed by atoms with E-state index in [1.807, 2.05) is 5.38 Å². The summed E-state index contributed by atoms with van der Waals surface area (Å²) in [7, 11) is 1.79. The summed E-state index contributed by atoms with van der Waals surface area (Å²) in [6, 6.07) is 0. The number of rotatable bonds is 5. The molecule has 1 rings (SSSR count). The van der Waals surface area contributed by atoms with Crippen molar-refractivity contribution in [1.82, 2.24) is 9.88 Å². The Balaban J connectivity index is 2.22. The number of carboxylic acid groups (broad SMARTS) is 1. The minimum atomic E-state index is -0.791. The molecule has 0 aliphatic carbocycles. The van der Waals surface area contributed by atoms with Crippen LogP contribution in [0.15, 0.2) is 10.9 Å². The first-order valence-electron chi connectivity index (χ1n) is 3.96. The van der Waals surface area contributed by atoms with E-state index in [9.17, 15) is 4.79 Å². The van der Waals surface area contributed by atoms with Gasteiger partial charge in [0.2, 0.25) is 0 Å². The molecule has 1 aromatic rings. The number of nitrogens with zero attached hydrogens (tertiary/aromatic N) is 2. The van der Waals surface area contributed by atoms with Gasteiger partial charge in [0, 0.05) is 18.3 Å². The molecule has 0 atom stereocenters. The van der Waals surface area contributed by atoms with Gasteiger partial charge in [0.05, 0.1) is 17.7 Å². The van der Waals surface area contributed by atoms with Gasteiger partial charge in [-0.3, -0.25) is 9.69 Å². The second-order valence-electron chi connectivity index (χ2n) is 2.86. The van der Waals surface area contributed by atoms with Crippen LogP contribution in [-0.2, 0) is 11.2 Å². The summed E-state index contributed by atoms with van der Waals surface area (Å²) in [5, 5.41) is 10.5. The molecule has 0 aliphatic rings. The first kappa shape index (κ1) is 10.1. The van der Waals surface area contributed by atoms with Gasteiger partial charge in [-0.2, -0.15) is 0 Å². The average Bonchev–Trinajstić information content (AvgIpc) is 2.51. The Morgan fingerprint density at radius 3 is 3.08 bits per heavy atom. The molecule has 0 bridgehead atoms. The summed E-state index contributed by atoms with van der Waals surface area (Å²) >= 11 is 1.56. The van der Waals surface area contributed by atoms with Gasteiger partial charge in [0.1, 0.15) is 0 Å². The predicted molar refractivity (Wildman–Crippen MR) is 51.0 cm³/mol. The largest absolute Gasteiger partial charge is 0.480 e. The highest BCUT2D eigenvalue weighted by atomic mass is 32.1. The van der Waals surface area contributed by atoms with Gasteiger partial charge in [-0.15, -0.1) is 11.3 Å². The molecule has 1 heterocycles. The Hall–Kier alpha value is -0.940. The standard InChI is InChI=1S/C8H12N2O2S/c1-10(4-8(11)12)3-2-7-5-13-6-9-7/h5-6H,2-4H2,1H3,(H,11,12). The summed E-state index contributed by atoms with van der Waals surface area (Å²) in [4.78, 5) is 16.2. The fourth-order valence-corrected chi connectivity index (χ4v) is 1.57. The third-order valence-corrected chi connectivity index (χ3v) is 2.27. The minimum absolute atomic E-state index is 0.0874. The fraction of sp³-hybridized carbons (Fsp3) is 0.500. The molecule has 4 nitrogen and oxygen atoms in total. The highest BCUT2D eigenvalue weighted by Gasteiger charge is 2.04. The molecule has 0 saturated heterocycles. The van der Waals surface area contributed by atoms with Crippen molar-refractivity contribution in [3.05, 3.63) is 16.6 Å². The number of aliphatic carboxylic acids is 1. The predicted octanol–water partition coefficient (Wildman–Crippen LogP) is 0.702. The molecule has 1 N–H and O–H groups in total. The maximum absolute atomic E-state index is 10.3. The summed E-state index contributed by atoms with van der Waals surface area (Å²) in [6.45, 7) is 0.820. The van der Waals surface area contributed by atoms with E-state index in [4.69, 9.17) is 5.11 Å². The van der Waals surface area contributed by atoms with Crippen molar-refractivity contribution in [3.63, 3.8) is 0 Å². The third kappa shape index (κ3) is 4.00. The molecular formula is C8H12N2O2S. The maximum atomic E-state index is 10.3. The fourth-order valence-electron chi connectivity index (χ4n) is 0.976.